The molecule has 0 saturated heterocycles. The smallest absolute Gasteiger partial charge is 0.261 e. The molecule has 1 unspecified atom stereocenters. The van der Waals surface area contributed by atoms with Crippen LogP contribution in [0.3, 0.4) is 0 Å². The van der Waals surface area contributed by atoms with Gasteiger partial charge in [-0.2, -0.15) is 0 Å². The molecule has 156 valence electrons. The van der Waals surface area contributed by atoms with Gasteiger partial charge in [-0.25, -0.2) is 0 Å². The minimum absolute atomic E-state index is 0.0928. The van der Waals surface area contributed by atoms with E-state index in [1.165, 1.54) is 0 Å². The second-order valence-corrected chi connectivity index (χ2v) is 7.25. The van der Waals surface area contributed by atoms with E-state index >= 15 is 0 Å². The Morgan fingerprint density at radius 3 is 2.41 bits per heavy atom. The van der Waals surface area contributed by atoms with Crippen LogP contribution in [-0.4, -0.2) is 42.5 Å². The molecule has 2 rings (SSSR count). The van der Waals surface area contributed by atoms with E-state index in [0.717, 1.165) is 24.0 Å². The molecule has 0 bridgehead atoms. The maximum absolute atomic E-state index is 12.9. The van der Waals surface area contributed by atoms with E-state index in [9.17, 15) is 9.59 Å². The number of aryl methyl sites for hydroxylation is 1. The van der Waals surface area contributed by atoms with Crippen LogP contribution in [0.1, 0.15) is 37.8 Å². The zero-order valence-corrected chi connectivity index (χ0v) is 17.7. The van der Waals surface area contributed by atoms with Crippen LogP contribution in [0, 0.1) is 6.92 Å². The highest BCUT2D eigenvalue weighted by Crippen LogP contribution is 2.12. The predicted octanol–water partition coefficient (Wildman–Crippen LogP) is 3.75. The van der Waals surface area contributed by atoms with Crippen LogP contribution >= 0.6 is 0 Å². The van der Waals surface area contributed by atoms with Crippen molar-refractivity contribution in [3.8, 4) is 5.75 Å². The first-order valence-electron chi connectivity index (χ1n) is 10.3. The predicted molar refractivity (Wildman–Crippen MR) is 116 cm³/mol. The van der Waals surface area contributed by atoms with Crippen molar-refractivity contribution in [3.63, 3.8) is 0 Å². The number of rotatable bonds is 11. The maximum atomic E-state index is 12.9. The van der Waals surface area contributed by atoms with Crippen molar-refractivity contribution in [3.05, 3.63) is 65.7 Å². The second kappa shape index (κ2) is 11.9. The third-order valence-corrected chi connectivity index (χ3v) is 4.86. The summed E-state index contributed by atoms with van der Waals surface area (Å²) in [6.07, 6.45) is 2.62. The van der Waals surface area contributed by atoms with E-state index in [0.29, 0.717) is 25.3 Å². The fourth-order valence-electron chi connectivity index (χ4n) is 2.97. The van der Waals surface area contributed by atoms with E-state index < -0.39 is 6.04 Å². The second-order valence-electron chi connectivity index (χ2n) is 7.25. The van der Waals surface area contributed by atoms with Gasteiger partial charge in [0.1, 0.15) is 11.8 Å². The number of amides is 2. The lowest BCUT2D eigenvalue weighted by Gasteiger charge is -2.28. The molecule has 0 aliphatic carbocycles. The molecule has 1 atom stereocenters. The zero-order valence-electron chi connectivity index (χ0n) is 17.7. The van der Waals surface area contributed by atoms with E-state index in [2.05, 4.69) is 12.2 Å². The Morgan fingerprint density at radius 2 is 1.76 bits per heavy atom. The summed E-state index contributed by atoms with van der Waals surface area (Å²) in [5.41, 5.74) is 2.26. The molecule has 0 aliphatic heterocycles. The molecule has 0 radical (unpaired) electrons. The van der Waals surface area contributed by atoms with Gasteiger partial charge < -0.3 is 15.0 Å². The van der Waals surface area contributed by atoms with E-state index in [1.54, 1.807) is 11.8 Å². The minimum atomic E-state index is -0.551. The fraction of sp³-hybridized carbons (Fsp3) is 0.417. The fourth-order valence-corrected chi connectivity index (χ4v) is 2.97. The number of benzene rings is 2. The quantitative estimate of drug-likeness (QED) is 0.589. The van der Waals surface area contributed by atoms with Gasteiger partial charge in [0, 0.05) is 13.1 Å². The Labute approximate surface area is 174 Å². The Kier molecular flexibility index (Phi) is 9.22. The molecule has 5 heteroatoms. The monoisotopic (exact) mass is 396 g/mol. The van der Waals surface area contributed by atoms with Crippen LogP contribution in [0.2, 0.25) is 0 Å². The number of nitrogens with one attached hydrogen (secondary N) is 1. The van der Waals surface area contributed by atoms with Crippen LogP contribution in [0.5, 0.6) is 5.75 Å². The molecule has 0 fully saturated rings. The third kappa shape index (κ3) is 7.60. The summed E-state index contributed by atoms with van der Waals surface area (Å²) in [5, 5.41) is 2.92. The Balaban J connectivity index is 2.01. The number of hydrogen-bond acceptors (Lipinski definition) is 3. The maximum Gasteiger partial charge on any atom is 0.261 e. The average molecular weight is 397 g/mol. The SMILES string of the molecule is CCCCNC(=O)C(C)N(CCc1ccccc1)C(=O)COc1ccc(C)cc1. The molecule has 0 heterocycles. The first-order chi connectivity index (χ1) is 14.0. The van der Waals surface area contributed by atoms with Gasteiger partial charge in [0.2, 0.25) is 5.91 Å². The third-order valence-electron chi connectivity index (χ3n) is 4.86. The molecule has 2 aromatic carbocycles. The molecular formula is C24H32N2O3. The van der Waals surface area contributed by atoms with Crippen LogP contribution < -0.4 is 10.1 Å². The Morgan fingerprint density at radius 1 is 1.07 bits per heavy atom. The van der Waals surface area contributed by atoms with Gasteiger partial charge in [0.25, 0.3) is 5.91 Å². The highest BCUT2D eigenvalue weighted by molar-refractivity contribution is 5.87. The van der Waals surface area contributed by atoms with Crippen LogP contribution in [0.25, 0.3) is 0 Å². The first-order valence-corrected chi connectivity index (χ1v) is 10.3. The van der Waals surface area contributed by atoms with Crippen LogP contribution in [-0.2, 0) is 16.0 Å². The van der Waals surface area contributed by atoms with E-state index in [-0.39, 0.29) is 18.4 Å². The van der Waals surface area contributed by atoms with Crippen molar-refractivity contribution in [2.45, 2.75) is 46.1 Å². The van der Waals surface area contributed by atoms with Crippen molar-refractivity contribution in [1.82, 2.24) is 10.2 Å². The molecular weight excluding hydrogens is 364 g/mol. The normalized spacial score (nSPS) is 11.6. The summed E-state index contributed by atoms with van der Waals surface area (Å²) < 4.78 is 5.66. The molecule has 0 aromatic heterocycles. The summed E-state index contributed by atoms with van der Waals surface area (Å²) in [6.45, 7) is 6.84. The summed E-state index contributed by atoms with van der Waals surface area (Å²) in [4.78, 5) is 27.1. The number of carbonyl (C=O) groups excluding carboxylic acids is 2. The highest BCUT2D eigenvalue weighted by Gasteiger charge is 2.25. The average Bonchev–Trinajstić information content (AvgIpc) is 2.74. The molecule has 2 amide bonds. The number of nitrogens with zero attached hydrogens (tertiary/aromatic N) is 1. The van der Waals surface area contributed by atoms with E-state index in [4.69, 9.17) is 4.74 Å². The molecule has 2 aromatic rings. The summed E-state index contributed by atoms with van der Waals surface area (Å²) in [6, 6.07) is 17.0. The zero-order chi connectivity index (χ0) is 21.1. The Bertz CT molecular complexity index is 759. The number of carbonyl (C=O) groups is 2. The van der Waals surface area contributed by atoms with E-state index in [1.807, 2.05) is 61.5 Å². The standard InChI is InChI=1S/C24H32N2O3/c1-4-5-16-25-24(28)20(3)26(17-15-21-9-7-6-8-10-21)23(27)18-29-22-13-11-19(2)12-14-22/h6-14,20H,4-5,15-18H2,1-3H3,(H,25,28). The van der Waals surface area contributed by atoms with Crippen molar-refractivity contribution in [2.24, 2.45) is 0 Å². The summed E-state index contributed by atoms with van der Waals surface area (Å²) in [7, 11) is 0. The lowest BCUT2D eigenvalue weighted by molar-refractivity contribution is -0.141. The molecule has 5 nitrogen and oxygen atoms in total. The molecule has 0 spiro atoms. The minimum Gasteiger partial charge on any atom is -0.484 e. The molecule has 29 heavy (non-hydrogen) atoms. The molecule has 0 saturated carbocycles. The Hall–Kier alpha value is -2.82. The van der Waals surface area contributed by atoms with Gasteiger partial charge in [-0.15, -0.1) is 0 Å². The lowest BCUT2D eigenvalue weighted by Crippen LogP contribution is -2.50. The van der Waals surface area contributed by atoms with Gasteiger partial charge in [-0.05, 0) is 44.4 Å². The first kappa shape index (κ1) is 22.5. The number of hydrogen-bond donors (Lipinski definition) is 1. The molecule has 0 aliphatic rings. The van der Waals surface area contributed by atoms with Crippen molar-refractivity contribution in [1.29, 1.82) is 0 Å². The molecule has 1 N–H and O–H groups in total. The summed E-state index contributed by atoms with van der Waals surface area (Å²) >= 11 is 0. The number of ether oxygens (including phenoxy) is 1. The lowest BCUT2D eigenvalue weighted by atomic mass is 10.1. The topological polar surface area (TPSA) is 58.6 Å². The van der Waals surface area contributed by atoms with Gasteiger partial charge >= 0.3 is 0 Å². The van der Waals surface area contributed by atoms with Crippen LogP contribution in [0.4, 0.5) is 0 Å². The van der Waals surface area contributed by atoms with Gasteiger partial charge in [0.05, 0.1) is 0 Å². The van der Waals surface area contributed by atoms with Crippen molar-refractivity contribution in [2.75, 3.05) is 19.7 Å². The van der Waals surface area contributed by atoms with Crippen molar-refractivity contribution >= 4 is 11.8 Å². The van der Waals surface area contributed by atoms with Crippen molar-refractivity contribution < 1.29 is 14.3 Å². The van der Waals surface area contributed by atoms with Crippen LogP contribution in [0.15, 0.2) is 54.6 Å². The number of unbranched alkanes of at least 4 members (excludes halogenated alkanes) is 1. The highest BCUT2D eigenvalue weighted by atomic mass is 16.5. The largest absolute Gasteiger partial charge is 0.484 e. The summed E-state index contributed by atoms with van der Waals surface area (Å²) in [5.74, 6) is 0.321. The van der Waals surface area contributed by atoms with Gasteiger partial charge in [-0.1, -0.05) is 61.4 Å². The van der Waals surface area contributed by atoms with Gasteiger partial charge in [-0.3, -0.25) is 9.59 Å². The van der Waals surface area contributed by atoms with Gasteiger partial charge in [0.15, 0.2) is 6.61 Å².